The number of nitrogens with one attached hydrogen (secondary N) is 1. The fourth-order valence-corrected chi connectivity index (χ4v) is 3.57. The van der Waals surface area contributed by atoms with Crippen molar-refractivity contribution in [3.05, 3.63) is 24.3 Å². The standard InChI is InChI=1S/C16H23N3S/c1-13-11-17-16(20-12-13)18-14-5-7-15(8-6-14)19-9-3-2-4-10-19/h5-8,13H,2-4,9-12H2,1H3,(H,17,18). The van der Waals surface area contributed by atoms with Crippen LogP contribution in [0.25, 0.3) is 0 Å². The molecule has 2 aliphatic rings. The summed E-state index contributed by atoms with van der Waals surface area (Å²) in [4.78, 5) is 7.06. The van der Waals surface area contributed by atoms with Crippen LogP contribution < -0.4 is 10.2 Å². The second-order valence-electron chi connectivity index (χ2n) is 5.78. The molecule has 1 fully saturated rings. The topological polar surface area (TPSA) is 27.6 Å². The number of aliphatic imine (C=N–C) groups is 1. The Balaban J connectivity index is 1.61. The first-order valence-electron chi connectivity index (χ1n) is 7.60. The highest BCUT2D eigenvalue weighted by atomic mass is 32.2. The number of benzene rings is 1. The van der Waals surface area contributed by atoms with Gasteiger partial charge < -0.3 is 10.2 Å². The Morgan fingerprint density at radius 1 is 1.15 bits per heavy atom. The Kier molecular flexibility index (Phi) is 4.51. The highest BCUT2D eigenvalue weighted by molar-refractivity contribution is 8.14. The maximum Gasteiger partial charge on any atom is 0.161 e. The first-order chi connectivity index (χ1) is 9.81. The molecule has 0 aliphatic carbocycles. The predicted octanol–water partition coefficient (Wildman–Crippen LogP) is 3.83. The van der Waals surface area contributed by atoms with Crippen molar-refractivity contribution in [1.82, 2.24) is 0 Å². The van der Waals surface area contributed by atoms with Gasteiger partial charge >= 0.3 is 0 Å². The fraction of sp³-hybridized carbons (Fsp3) is 0.562. The van der Waals surface area contributed by atoms with Gasteiger partial charge in [-0.3, -0.25) is 4.99 Å². The first-order valence-corrected chi connectivity index (χ1v) is 8.59. The molecule has 1 N–H and O–H groups in total. The minimum Gasteiger partial charge on any atom is -0.372 e. The molecule has 3 rings (SSSR count). The van der Waals surface area contributed by atoms with Crippen LogP contribution in [0.5, 0.6) is 0 Å². The lowest BCUT2D eigenvalue weighted by Crippen LogP contribution is -2.29. The van der Waals surface area contributed by atoms with Crippen molar-refractivity contribution in [3.8, 4) is 0 Å². The third-order valence-corrected chi connectivity index (χ3v) is 5.13. The quantitative estimate of drug-likeness (QED) is 0.896. The van der Waals surface area contributed by atoms with Crippen LogP contribution >= 0.6 is 11.8 Å². The highest BCUT2D eigenvalue weighted by Gasteiger charge is 2.13. The normalized spacial score (nSPS) is 23.4. The van der Waals surface area contributed by atoms with E-state index >= 15 is 0 Å². The van der Waals surface area contributed by atoms with Crippen molar-refractivity contribution >= 4 is 28.3 Å². The molecule has 4 heteroatoms. The minimum absolute atomic E-state index is 0.701. The van der Waals surface area contributed by atoms with Gasteiger partial charge in [0.2, 0.25) is 0 Å². The molecular weight excluding hydrogens is 266 g/mol. The van der Waals surface area contributed by atoms with Gasteiger partial charge in [-0.25, -0.2) is 0 Å². The Hall–Kier alpha value is -1.16. The van der Waals surface area contributed by atoms with Crippen LogP contribution in [0.3, 0.4) is 0 Å². The van der Waals surface area contributed by atoms with Crippen molar-refractivity contribution in [2.24, 2.45) is 10.9 Å². The summed E-state index contributed by atoms with van der Waals surface area (Å²) in [5, 5.41) is 4.49. The van der Waals surface area contributed by atoms with Crippen LogP contribution in [0.2, 0.25) is 0 Å². The summed E-state index contributed by atoms with van der Waals surface area (Å²) in [6.45, 7) is 5.60. The zero-order valence-electron chi connectivity index (χ0n) is 12.1. The van der Waals surface area contributed by atoms with Crippen molar-refractivity contribution in [2.45, 2.75) is 26.2 Å². The summed E-state index contributed by atoms with van der Waals surface area (Å²) in [5.41, 5.74) is 2.49. The van der Waals surface area contributed by atoms with Crippen molar-refractivity contribution < 1.29 is 0 Å². The van der Waals surface area contributed by atoms with E-state index in [1.807, 2.05) is 11.8 Å². The van der Waals surface area contributed by atoms with E-state index in [1.165, 1.54) is 38.0 Å². The van der Waals surface area contributed by atoms with Crippen LogP contribution in [-0.4, -0.2) is 30.6 Å². The maximum absolute atomic E-state index is 4.58. The van der Waals surface area contributed by atoms with Gasteiger partial charge in [-0.1, -0.05) is 18.7 Å². The van der Waals surface area contributed by atoms with E-state index in [0.29, 0.717) is 5.92 Å². The van der Waals surface area contributed by atoms with Crippen molar-refractivity contribution in [2.75, 3.05) is 35.6 Å². The Morgan fingerprint density at radius 3 is 2.55 bits per heavy atom. The molecule has 0 aromatic heterocycles. The number of hydrogen-bond acceptors (Lipinski definition) is 4. The van der Waals surface area contributed by atoms with E-state index in [4.69, 9.17) is 0 Å². The summed E-state index contributed by atoms with van der Waals surface area (Å²) in [6.07, 6.45) is 4.03. The number of hydrogen-bond donors (Lipinski definition) is 1. The summed E-state index contributed by atoms with van der Waals surface area (Å²) >= 11 is 1.83. The molecule has 0 radical (unpaired) electrons. The molecule has 0 bridgehead atoms. The van der Waals surface area contributed by atoms with E-state index in [1.54, 1.807) is 0 Å². The monoisotopic (exact) mass is 289 g/mol. The van der Waals surface area contributed by atoms with E-state index in [-0.39, 0.29) is 0 Å². The van der Waals surface area contributed by atoms with Crippen LogP contribution in [0.4, 0.5) is 11.4 Å². The number of anilines is 2. The molecule has 108 valence electrons. The molecule has 1 unspecified atom stereocenters. The maximum atomic E-state index is 4.58. The largest absolute Gasteiger partial charge is 0.372 e. The average molecular weight is 289 g/mol. The van der Waals surface area contributed by atoms with E-state index in [0.717, 1.165) is 23.2 Å². The van der Waals surface area contributed by atoms with Gasteiger partial charge in [0, 0.05) is 36.8 Å². The molecule has 3 nitrogen and oxygen atoms in total. The summed E-state index contributed by atoms with van der Waals surface area (Å²) in [6, 6.07) is 8.80. The minimum atomic E-state index is 0.701. The lowest BCUT2D eigenvalue weighted by Gasteiger charge is -2.29. The molecule has 2 aliphatic heterocycles. The summed E-state index contributed by atoms with van der Waals surface area (Å²) in [7, 11) is 0. The molecule has 2 heterocycles. The van der Waals surface area contributed by atoms with Gasteiger partial charge in [0.1, 0.15) is 0 Å². The zero-order chi connectivity index (χ0) is 13.8. The second kappa shape index (κ2) is 6.53. The van der Waals surface area contributed by atoms with Crippen LogP contribution in [0.1, 0.15) is 26.2 Å². The van der Waals surface area contributed by atoms with Gasteiger partial charge in [0.05, 0.1) is 0 Å². The van der Waals surface area contributed by atoms with Gasteiger partial charge in [-0.05, 0) is 49.4 Å². The van der Waals surface area contributed by atoms with E-state index < -0.39 is 0 Å². The molecule has 1 aromatic rings. The molecule has 0 spiro atoms. The first kappa shape index (κ1) is 13.8. The second-order valence-corrected chi connectivity index (χ2v) is 6.79. The van der Waals surface area contributed by atoms with Crippen LogP contribution in [0.15, 0.2) is 29.3 Å². The molecule has 1 atom stereocenters. The zero-order valence-corrected chi connectivity index (χ0v) is 13.0. The molecule has 0 amide bonds. The molecular formula is C16H23N3S. The number of piperidine rings is 1. The Morgan fingerprint density at radius 2 is 1.90 bits per heavy atom. The molecule has 1 aromatic carbocycles. The number of nitrogens with zero attached hydrogens (tertiary/aromatic N) is 2. The fourth-order valence-electron chi connectivity index (χ4n) is 2.67. The van der Waals surface area contributed by atoms with Gasteiger partial charge in [0.15, 0.2) is 5.17 Å². The third-order valence-electron chi connectivity index (χ3n) is 3.89. The van der Waals surface area contributed by atoms with E-state index in [9.17, 15) is 0 Å². The third kappa shape index (κ3) is 3.48. The average Bonchev–Trinajstić information content (AvgIpc) is 2.51. The number of amidine groups is 1. The Labute approximate surface area is 125 Å². The lowest BCUT2D eigenvalue weighted by atomic mass is 10.1. The molecule has 1 saturated heterocycles. The lowest BCUT2D eigenvalue weighted by molar-refractivity contribution is 0.578. The predicted molar refractivity (Wildman–Crippen MR) is 90.1 cm³/mol. The van der Waals surface area contributed by atoms with Gasteiger partial charge in [-0.15, -0.1) is 0 Å². The summed E-state index contributed by atoms with van der Waals surface area (Å²) < 4.78 is 0. The van der Waals surface area contributed by atoms with Crippen molar-refractivity contribution in [3.63, 3.8) is 0 Å². The number of rotatable bonds is 2. The highest BCUT2D eigenvalue weighted by Crippen LogP contribution is 2.23. The molecule has 0 saturated carbocycles. The van der Waals surface area contributed by atoms with Gasteiger partial charge in [-0.2, -0.15) is 0 Å². The van der Waals surface area contributed by atoms with Crippen LogP contribution in [-0.2, 0) is 0 Å². The van der Waals surface area contributed by atoms with Crippen LogP contribution in [0, 0.1) is 5.92 Å². The summed E-state index contributed by atoms with van der Waals surface area (Å²) in [5.74, 6) is 1.87. The Bertz CT molecular complexity index is 463. The molecule has 20 heavy (non-hydrogen) atoms. The smallest absolute Gasteiger partial charge is 0.161 e. The van der Waals surface area contributed by atoms with Crippen molar-refractivity contribution in [1.29, 1.82) is 0 Å². The van der Waals surface area contributed by atoms with E-state index in [2.05, 4.69) is 46.4 Å². The van der Waals surface area contributed by atoms with Gasteiger partial charge in [0.25, 0.3) is 0 Å². The number of thioether (sulfide) groups is 1. The SMILES string of the molecule is CC1CN=C(Nc2ccc(N3CCCCC3)cc2)SC1.